The molecule has 0 bridgehead atoms. The largest absolute Gasteiger partial charge is 0.461 e. The summed E-state index contributed by atoms with van der Waals surface area (Å²) in [5.74, 6) is 3.71. The van der Waals surface area contributed by atoms with Crippen molar-refractivity contribution >= 4 is 11.8 Å². The van der Waals surface area contributed by atoms with E-state index in [-0.39, 0.29) is 0 Å². The van der Waals surface area contributed by atoms with E-state index in [0.717, 1.165) is 11.0 Å². The van der Waals surface area contributed by atoms with Crippen LogP contribution in [0.1, 0.15) is 30.5 Å². The molecule has 118 valence electrons. The Labute approximate surface area is 136 Å². The maximum atomic E-state index is 5.26. The van der Waals surface area contributed by atoms with Crippen molar-refractivity contribution in [3.63, 3.8) is 0 Å². The Morgan fingerprint density at radius 1 is 1.39 bits per heavy atom. The fourth-order valence-corrected chi connectivity index (χ4v) is 3.09. The molecule has 1 saturated carbocycles. The minimum Gasteiger partial charge on any atom is -0.461 e. The van der Waals surface area contributed by atoms with Crippen LogP contribution < -0.4 is 0 Å². The number of furan rings is 1. The van der Waals surface area contributed by atoms with Crippen molar-refractivity contribution in [2.45, 2.75) is 36.2 Å². The minimum absolute atomic E-state index is 0.455. The van der Waals surface area contributed by atoms with Gasteiger partial charge >= 0.3 is 0 Å². The second kappa shape index (κ2) is 6.04. The monoisotopic (exact) mass is 329 g/mol. The average Bonchev–Trinajstić information content (AvgIpc) is 2.97. The summed E-state index contributed by atoms with van der Waals surface area (Å²) in [4.78, 5) is 4.33. The normalized spacial score (nSPS) is 14.3. The summed E-state index contributed by atoms with van der Waals surface area (Å²) >= 11 is 1.53. The van der Waals surface area contributed by atoms with Gasteiger partial charge in [-0.15, -0.1) is 16.8 Å². The van der Waals surface area contributed by atoms with Gasteiger partial charge in [0.25, 0.3) is 0 Å². The first kappa shape index (κ1) is 14.3. The Hall–Kier alpha value is -2.35. The number of allylic oxidation sites excluding steroid dienone is 1. The number of hydrogen-bond acceptors (Lipinski definition) is 7. The number of rotatable bonds is 7. The van der Waals surface area contributed by atoms with Crippen molar-refractivity contribution in [3.05, 3.63) is 42.8 Å². The van der Waals surface area contributed by atoms with Gasteiger partial charge in [-0.2, -0.15) is 4.98 Å². The SMILES string of the molecule is C=CCn1c(SCc2nc(-c3ccco3)no2)nnc1C1CC1. The highest BCUT2D eigenvalue weighted by atomic mass is 32.2. The Morgan fingerprint density at radius 2 is 2.30 bits per heavy atom. The van der Waals surface area contributed by atoms with Crippen molar-refractivity contribution in [1.29, 1.82) is 0 Å². The van der Waals surface area contributed by atoms with Crippen LogP contribution in [0.5, 0.6) is 0 Å². The molecule has 0 aromatic carbocycles. The van der Waals surface area contributed by atoms with Crippen LogP contribution >= 0.6 is 11.8 Å². The van der Waals surface area contributed by atoms with Gasteiger partial charge in [0.1, 0.15) is 5.82 Å². The average molecular weight is 329 g/mol. The molecule has 3 heterocycles. The highest BCUT2D eigenvalue weighted by Gasteiger charge is 2.30. The lowest BCUT2D eigenvalue weighted by Gasteiger charge is -2.05. The van der Waals surface area contributed by atoms with E-state index in [0.29, 0.717) is 35.7 Å². The third-order valence-electron chi connectivity index (χ3n) is 3.53. The zero-order valence-electron chi connectivity index (χ0n) is 12.4. The van der Waals surface area contributed by atoms with Crippen molar-refractivity contribution in [2.75, 3.05) is 0 Å². The van der Waals surface area contributed by atoms with E-state index in [1.54, 1.807) is 18.4 Å². The van der Waals surface area contributed by atoms with Crippen LogP contribution in [0, 0.1) is 0 Å². The predicted octanol–water partition coefficient (Wildman–Crippen LogP) is 3.28. The second-order valence-corrected chi connectivity index (χ2v) is 6.23. The molecule has 0 saturated heterocycles. The molecule has 3 aromatic heterocycles. The van der Waals surface area contributed by atoms with Crippen LogP contribution in [0.4, 0.5) is 0 Å². The number of aromatic nitrogens is 5. The first-order valence-corrected chi connectivity index (χ1v) is 8.37. The number of nitrogens with zero attached hydrogens (tertiary/aromatic N) is 5. The predicted molar refractivity (Wildman–Crippen MR) is 83.8 cm³/mol. The fourth-order valence-electron chi connectivity index (χ4n) is 2.30. The highest BCUT2D eigenvalue weighted by molar-refractivity contribution is 7.98. The summed E-state index contributed by atoms with van der Waals surface area (Å²) in [6, 6.07) is 3.59. The van der Waals surface area contributed by atoms with Gasteiger partial charge < -0.3 is 13.5 Å². The van der Waals surface area contributed by atoms with E-state index in [4.69, 9.17) is 8.94 Å². The fraction of sp³-hybridized carbons (Fsp3) is 0.333. The molecule has 3 aromatic rings. The molecule has 1 fully saturated rings. The van der Waals surface area contributed by atoms with Gasteiger partial charge in [-0.3, -0.25) is 0 Å². The van der Waals surface area contributed by atoms with Crippen LogP contribution in [0.25, 0.3) is 11.6 Å². The van der Waals surface area contributed by atoms with Crippen LogP contribution in [-0.4, -0.2) is 24.9 Å². The maximum absolute atomic E-state index is 5.26. The van der Waals surface area contributed by atoms with Crippen molar-refractivity contribution in [2.24, 2.45) is 0 Å². The standard InChI is InChI=1S/C15H15N5O2S/c1-2-7-20-14(10-5-6-10)17-18-15(20)23-9-12-16-13(19-22-12)11-4-3-8-21-11/h2-4,8,10H,1,5-7,9H2. The number of thioether (sulfide) groups is 1. The highest BCUT2D eigenvalue weighted by Crippen LogP contribution is 2.40. The molecule has 8 heteroatoms. The Morgan fingerprint density at radius 3 is 3.04 bits per heavy atom. The summed E-state index contributed by atoms with van der Waals surface area (Å²) in [5.41, 5.74) is 0. The van der Waals surface area contributed by atoms with Crippen molar-refractivity contribution in [1.82, 2.24) is 24.9 Å². The van der Waals surface area contributed by atoms with Crippen LogP contribution in [-0.2, 0) is 12.3 Å². The summed E-state index contributed by atoms with van der Waals surface area (Å²) in [6.45, 7) is 4.52. The van der Waals surface area contributed by atoms with E-state index in [2.05, 4.69) is 31.5 Å². The number of hydrogen-bond donors (Lipinski definition) is 0. The smallest absolute Gasteiger partial charge is 0.238 e. The quantitative estimate of drug-likeness (QED) is 0.486. The molecule has 0 N–H and O–H groups in total. The molecule has 0 aliphatic heterocycles. The lowest BCUT2D eigenvalue weighted by atomic mass is 10.4. The lowest BCUT2D eigenvalue weighted by Crippen LogP contribution is -2.02. The summed E-state index contributed by atoms with van der Waals surface area (Å²) in [6.07, 6.45) is 5.82. The van der Waals surface area contributed by atoms with E-state index in [1.807, 2.05) is 6.08 Å². The van der Waals surface area contributed by atoms with Crippen LogP contribution in [0.3, 0.4) is 0 Å². The Bertz CT molecular complexity index is 804. The van der Waals surface area contributed by atoms with E-state index >= 15 is 0 Å². The van der Waals surface area contributed by atoms with Gasteiger partial charge in [0, 0.05) is 12.5 Å². The van der Waals surface area contributed by atoms with Crippen LogP contribution in [0.15, 0.2) is 45.1 Å². The molecule has 4 rings (SSSR count). The van der Waals surface area contributed by atoms with E-state index in [1.165, 1.54) is 24.6 Å². The zero-order chi connectivity index (χ0) is 15.6. The third kappa shape index (κ3) is 2.94. The van der Waals surface area contributed by atoms with Crippen LogP contribution in [0.2, 0.25) is 0 Å². The molecule has 0 spiro atoms. The second-order valence-electron chi connectivity index (χ2n) is 5.29. The minimum atomic E-state index is 0.455. The third-order valence-corrected chi connectivity index (χ3v) is 4.49. The van der Waals surface area contributed by atoms with Gasteiger partial charge in [-0.25, -0.2) is 0 Å². The van der Waals surface area contributed by atoms with Crippen molar-refractivity contribution < 1.29 is 8.94 Å². The van der Waals surface area contributed by atoms with E-state index in [9.17, 15) is 0 Å². The Balaban J connectivity index is 1.47. The first-order chi connectivity index (χ1) is 11.3. The first-order valence-electron chi connectivity index (χ1n) is 7.38. The van der Waals surface area contributed by atoms with Gasteiger partial charge in [0.2, 0.25) is 11.7 Å². The molecule has 0 unspecified atom stereocenters. The van der Waals surface area contributed by atoms with Gasteiger partial charge in [-0.05, 0) is 25.0 Å². The molecular weight excluding hydrogens is 314 g/mol. The topological polar surface area (TPSA) is 82.8 Å². The molecule has 1 aliphatic carbocycles. The van der Waals surface area contributed by atoms with Gasteiger partial charge in [0.05, 0.1) is 12.0 Å². The van der Waals surface area contributed by atoms with E-state index < -0.39 is 0 Å². The molecular formula is C15H15N5O2S. The van der Waals surface area contributed by atoms with Crippen molar-refractivity contribution in [3.8, 4) is 11.6 Å². The molecule has 1 aliphatic rings. The van der Waals surface area contributed by atoms with Gasteiger partial charge in [-0.1, -0.05) is 23.0 Å². The molecule has 0 atom stereocenters. The van der Waals surface area contributed by atoms with Gasteiger partial charge in [0.15, 0.2) is 10.9 Å². The lowest BCUT2D eigenvalue weighted by molar-refractivity contribution is 0.390. The maximum Gasteiger partial charge on any atom is 0.238 e. The summed E-state index contributed by atoms with van der Waals surface area (Å²) in [7, 11) is 0. The molecule has 0 amide bonds. The molecule has 0 radical (unpaired) electrons. The molecule has 23 heavy (non-hydrogen) atoms. The zero-order valence-corrected chi connectivity index (χ0v) is 13.2. The Kier molecular flexibility index (Phi) is 3.74. The molecule has 7 nitrogen and oxygen atoms in total. The summed E-state index contributed by atoms with van der Waals surface area (Å²) in [5, 5.41) is 13.4. The summed E-state index contributed by atoms with van der Waals surface area (Å²) < 4.78 is 12.6.